The molecule has 2 aromatic rings. The van der Waals surface area contributed by atoms with E-state index >= 15 is 0 Å². The number of hydrogen-bond acceptors (Lipinski definition) is 5. The topological polar surface area (TPSA) is 70.8 Å². The first-order valence-electron chi connectivity index (χ1n) is 6.46. The summed E-state index contributed by atoms with van der Waals surface area (Å²) in [6.07, 6.45) is -0.752. The first kappa shape index (κ1) is 14.7. The Balaban J connectivity index is 1.99. The first-order valence-corrected chi connectivity index (χ1v) is 6.46. The number of benzene rings is 2. The number of nitrogens with two attached hydrogens (primary N) is 1. The number of hydrogen-bond donors (Lipinski definition) is 1. The van der Waals surface area contributed by atoms with Gasteiger partial charge in [0, 0.05) is 17.8 Å². The minimum absolute atomic E-state index is 0.405. The van der Waals surface area contributed by atoms with Crippen LogP contribution >= 0.6 is 0 Å². The van der Waals surface area contributed by atoms with E-state index in [1.165, 1.54) is 0 Å². The molecule has 0 spiro atoms. The Bertz CT molecular complexity index is 627. The van der Waals surface area contributed by atoms with Gasteiger partial charge in [0.15, 0.2) is 6.10 Å². The molecule has 0 bridgehead atoms. The average Bonchev–Trinajstić information content (AvgIpc) is 2.47. The Hall–Kier alpha value is -2.69. The number of anilines is 1. The summed E-state index contributed by atoms with van der Waals surface area (Å²) < 4.78 is 15.8. The van der Waals surface area contributed by atoms with Crippen molar-refractivity contribution in [3.8, 4) is 17.2 Å². The molecule has 2 aromatic carbocycles. The third-order valence-electron chi connectivity index (χ3n) is 2.76. The highest BCUT2D eigenvalue weighted by Crippen LogP contribution is 2.20. The van der Waals surface area contributed by atoms with Crippen molar-refractivity contribution in [1.29, 1.82) is 0 Å². The number of carbonyl (C=O) groups is 1. The van der Waals surface area contributed by atoms with Gasteiger partial charge in [-0.3, -0.25) is 0 Å². The standard InChI is InChI=1S/C16H17NO4/c1-11(20-14-7-3-5-12(17)9-14)16(18)21-15-8-4-6-13(10-15)19-2/h3-11H,17H2,1-2H3/t11-/m0/s1. The van der Waals surface area contributed by atoms with E-state index in [0.717, 1.165) is 0 Å². The SMILES string of the molecule is COc1cccc(OC(=O)[C@H](C)Oc2cccc(N)c2)c1. The normalized spacial score (nSPS) is 11.5. The molecule has 0 fully saturated rings. The summed E-state index contributed by atoms with van der Waals surface area (Å²) in [6.45, 7) is 1.62. The summed E-state index contributed by atoms with van der Waals surface area (Å²) in [6, 6.07) is 13.7. The molecule has 21 heavy (non-hydrogen) atoms. The molecule has 0 aliphatic heterocycles. The largest absolute Gasteiger partial charge is 0.497 e. The summed E-state index contributed by atoms with van der Waals surface area (Å²) in [4.78, 5) is 12.0. The van der Waals surface area contributed by atoms with Crippen molar-refractivity contribution >= 4 is 11.7 Å². The Kier molecular flexibility index (Phi) is 4.66. The molecule has 2 N–H and O–H groups in total. The van der Waals surface area contributed by atoms with Crippen LogP contribution in [0, 0.1) is 0 Å². The highest BCUT2D eigenvalue weighted by molar-refractivity contribution is 5.77. The van der Waals surface area contributed by atoms with Crippen molar-refractivity contribution in [3.05, 3.63) is 48.5 Å². The van der Waals surface area contributed by atoms with Crippen LogP contribution in [0.25, 0.3) is 0 Å². The van der Waals surface area contributed by atoms with Crippen molar-refractivity contribution in [2.75, 3.05) is 12.8 Å². The van der Waals surface area contributed by atoms with E-state index in [0.29, 0.717) is 22.9 Å². The van der Waals surface area contributed by atoms with Gasteiger partial charge in [-0.05, 0) is 31.2 Å². The van der Waals surface area contributed by atoms with Gasteiger partial charge in [0.2, 0.25) is 0 Å². The molecule has 0 unspecified atom stereocenters. The molecule has 0 radical (unpaired) electrons. The van der Waals surface area contributed by atoms with Crippen LogP contribution in [0.3, 0.4) is 0 Å². The molecule has 5 nitrogen and oxygen atoms in total. The predicted molar refractivity (Wildman–Crippen MR) is 79.6 cm³/mol. The van der Waals surface area contributed by atoms with Crippen LogP contribution in [0.15, 0.2) is 48.5 Å². The fraction of sp³-hybridized carbons (Fsp3) is 0.188. The lowest BCUT2D eigenvalue weighted by Crippen LogP contribution is -2.28. The maximum absolute atomic E-state index is 12.0. The van der Waals surface area contributed by atoms with Crippen LogP contribution in [0.2, 0.25) is 0 Å². The fourth-order valence-corrected chi connectivity index (χ4v) is 1.70. The zero-order chi connectivity index (χ0) is 15.2. The summed E-state index contributed by atoms with van der Waals surface area (Å²) >= 11 is 0. The molecule has 110 valence electrons. The van der Waals surface area contributed by atoms with Crippen molar-refractivity contribution in [2.45, 2.75) is 13.0 Å². The second kappa shape index (κ2) is 6.65. The van der Waals surface area contributed by atoms with E-state index in [9.17, 15) is 4.79 Å². The quantitative estimate of drug-likeness (QED) is 0.520. The second-order valence-electron chi connectivity index (χ2n) is 4.43. The minimum atomic E-state index is -0.752. The zero-order valence-corrected chi connectivity index (χ0v) is 11.9. The number of nitrogen functional groups attached to an aromatic ring is 1. The third kappa shape index (κ3) is 4.14. The van der Waals surface area contributed by atoms with Gasteiger partial charge in [0.25, 0.3) is 0 Å². The smallest absolute Gasteiger partial charge is 0.352 e. The van der Waals surface area contributed by atoms with Gasteiger partial charge in [-0.1, -0.05) is 12.1 Å². The molecule has 0 heterocycles. The number of esters is 1. The predicted octanol–water partition coefficient (Wildman–Crippen LogP) is 2.65. The van der Waals surface area contributed by atoms with Crippen LogP contribution in [0.4, 0.5) is 5.69 Å². The molecule has 0 aromatic heterocycles. The Morgan fingerprint density at radius 3 is 2.43 bits per heavy atom. The molecule has 1 atom stereocenters. The summed E-state index contributed by atoms with van der Waals surface area (Å²) in [5.74, 6) is 1.04. The lowest BCUT2D eigenvalue weighted by Gasteiger charge is -2.14. The summed E-state index contributed by atoms with van der Waals surface area (Å²) in [5, 5.41) is 0. The maximum Gasteiger partial charge on any atom is 0.352 e. The van der Waals surface area contributed by atoms with Crippen molar-refractivity contribution < 1.29 is 19.0 Å². The third-order valence-corrected chi connectivity index (χ3v) is 2.76. The van der Waals surface area contributed by atoms with Gasteiger partial charge >= 0.3 is 5.97 Å². The number of methoxy groups -OCH3 is 1. The van der Waals surface area contributed by atoms with Gasteiger partial charge in [-0.15, -0.1) is 0 Å². The van der Waals surface area contributed by atoms with Gasteiger partial charge in [0.1, 0.15) is 17.2 Å². The summed E-state index contributed by atoms with van der Waals surface area (Å²) in [7, 11) is 1.55. The fourth-order valence-electron chi connectivity index (χ4n) is 1.70. The van der Waals surface area contributed by atoms with Crippen molar-refractivity contribution in [3.63, 3.8) is 0 Å². The number of ether oxygens (including phenoxy) is 3. The molecule has 2 rings (SSSR count). The second-order valence-corrected chi connectivity index (χ2v) is 4.43. The lowest BCUT2D eigenvalue weighted by molar-refractivity contribution is -0.141. The first-order chi connectivity index (χ1) is 10.1. The molecule has 0 saturated carbocycles. The Morgan fingerprint density at radius 1 is 1.05 bits per heavy atom. The van der Waals surface area contributed by atoms with Crippen LogP contribution in [-0.4, -0.2) is 19.2 Å². The zero-order valence-electron chi connectivity index (χ0n) is 11.9. The monoisotopic (exact) mass is 287 g/mol. The molecule has 5 heteroatoms. The van der Waals surface area contributed by atoms with Crippen LogP contribution in [0.5, 0.6) is 17.2 Å². The highest BCUT2D eigenvalue weighted by atomic mass is 16.6. The molecular formula is C16H17NO4. The molecule has 0 saturated heterocycles. The van der Waals surface area contributed by atoms with E-state index in [1.807, 2.05) is 0 Å². The molecular weight excluding hydrogens is 270 g/mol. The minimum Gasteiger partial charge on any atom is -0.497 e. The van der Waals surface area contributed by atoms with Gasteiger partial charge in [0.05, 0.1) is 7.11 Å². The molecule has 0 aliphatic rings. The van der Waals surface area contributed by atoms with Crippen LogP contribution < -0.4 is 19.9 Å². The highest BCUT2D eigenvalue weighted by Gasteiger charge is 2.17. The van der Waals surface area contributed by atoms with E-state index in [4.69, 9.17) is 19.9 Å². The average molecular weight is 287 g/mol. The van der Waals surface area contributed by atoms with E-state index in [2.05, 4.69) is 0 Å². The van der Waals surface area contributed by atoms with E-state index in [1.54, 1.807) is 62.6 Å². The van der Waals surface area contributed by atoms with Gasteiger partial charge < -0.3 is 19.9 Å². The van der Waals surface area contributed by atoms with Crippen LogP contribution in [0.1, 0.15) is 6.92 Å². The molecule has 0 aliphatic carbocycles. The number of carbonyl (C=O) groups excluding carboxylic acids is 1. The molecule has 0 amide bonds. The van der Waals surface area contributed by atoms with Gasteiger partial charge in [-0.2, -0.15) is 0 Å². The van der Waals surface area contributed by atoms with Crippen LogP contribution in [-0.2, 0) is 4.79 Å². The van der Waals surface area contributed by atoms with Crippen molar-refractivity contribution in [1.82, 2.24) is 0 Å². The lowest BCUT2D eigenvalue weighted by atomic mass is 10.3. The Morgan fingerprint density at radius 2 is 1.71 bits per heavy atom. The van der Waals surface area contributed by atoms with Gasteiger partial charge in [-0.25, -0.2) is 4.79 Å². The van der Waals surface area contributed by atoms with Crippen molar-refractivity contribution in [2.24, 2.45) is 0 Å². The summed E-state index contributed by atoms with van der Waals surface area (Å²) in [5.41, 5.74) is 6.23. The van der Waals surface area contributed by atoms with E-state index in [-0.39, 0.29) is 0 Å². The Labute approximate surface area is 123 Å². The number of rotatable bonds is 5. The van der Waals surface area contributed by atoms with E-state index < -0.39 is 12.1 Å². The maximum atomic E-state index is 12.0.